The molecule has 4 heteroatoms. The second kappa shape index (κ2) is 7.97. The number of ether oxygens (including phenoxy) is 1. The lowest BCUT2D eigenvalue weighted by molar-refractivity contribution is 0.0991. The van der Waals surface area contributed by atoms with Crippen molar-refractivity contribution in [2.24, 2.45) is 10.9 Å². The molecule has 120 valence electrons. The van der Waals surface area contributed by atoms with E-state index in [1.54, 1.807) is 6.07 Å². The minimum absolute atomic E-state index is 0.228. The molecule has 1 fully saturated rings. The number of benzene rings is 1. The van der Waals surface area contributed by atoms with E-state index in [4.69, 9.17) is 4.74 Å². The van der Waals surface area contributed by atoms with Crippen molar-refractivity contribution in [3.05, 3.63) is 35.4 Å². The van der Waals surface area contributed by atoms with Gasteiger partial charge in [0.2, 0.25) is 0 Å². The number of rotatable bonds is 3. The molecule has 2 rings (SSSR count). The Morgan fingerprint density at radius 1 is 1.36 bits per heavy atom. The van der Waals surface area contributed by atoms with Crippen LogP contribution >= 0.6 is 0 Å². The van der Waals surface area contributed by atoms with Crippen molar-refractivity contribution >= 4 is 11.9 Å². The van der Waals surface area contributed by atoms with E-state index >= 15 is 0 Å². The van der Waals surface area contributed by atoms with E-state index in [1.807, 2.05) is 25.1 Å². The standard InChI is InChI=1S/C18H26N2O2/c1-4-12-22-18(20-10-8-14(2)9-11-20)19-17(21)16-7-5-6-15(3)13-16/h5-7,13-14H,4,8-12H2,1-3H3. The van der Waals surface area contributed by atoms with Crippen LogP contribution in [0.1, 0.15) is 49.0 Å². The largest absolute Gasteiger partial charge is 0.465 e. The number of piperidine rings is 1. The summed E-state index contributed by atoms with van der Waals surface area (Å²) in [6, 6.07) is 8.00. The predicted octanol–water partition coefficient (Wildman–Crippen LogP) is 3.65. The van der Waals surface area contributed by atoms with Gasteiger partial charge in [0.1, 0.15) is 0 Å². The van der Waals surface area contributed by atoms with Crippen LogP contribution in [0.5, 0.6) is 0 Å². The Balaban J connectivity index is 2.14. The molecule has 1 amide bonds. The molecule has 0 unspecified atom stereocenters. The monoisotopic (exact) mass is 302 g/mol. The Labute approximate surface area is 133 Å². The highest BCUT2D eigenvalue weighted by atomic mass is 16.5. The number of hydrogen-bond donors (Lipinski definition) is 0. The van der Waals surface area contributed by atoms with E-state index < -0.39 is 0 Å². The normalized spacial score (nSPS) is 16.7. The molecule has 0 aromatic heterocycles. The van der Waals surface area contributed by atoms with Crippen LogP contribution < -0.4 is 0 Å². The summed E-state index contributed by atoms with van der Waals surface area (Å²) in [5, 5.41) is 0. The summed E-state index contributed by atoms with van der Waals surface area (Å²) in [4.78, 5) is 18.7. The highest BCUT2D eigenvalue weighted by molar-refractivity contribution is 6.01. The van der Waals surface area contributed by atoms with E-state index in [2.05, 4.69) is 23.7 Å². The smallest absolute Gasteiger partial charge is 0.295 e. The molecule has 0 bridgehead atoms. The van der Waals surface area contributed by atoms with Gasteiger partial charge in [-0.25, -0.2) is 0 Å². The highest BCUT2D eigenvalue weighted by Gasteiger charge is 2.21. The van der Waals surface area contributed by atoms with Crippen LogP contribution in [0, 0.1) is 12.8 Å². The average Bonchev–Trinajstić information content (AvgIpc) is 2.52. The van der Waals surface area contributed by atoms with Crippen LogP contribution in [0.15, 0.2) is 29.3 Å². The molecule has 0 N–H and O–H groups in total. The lowest BCUT2D eigenvalue weighted by Gasteiger charge is -2.31. The van der Waals surface area contributed by atoms with Crippen LogP contribution in [-0.2, 0) is 4.74 Å². The SMILES string of the molecule is CCCOC(=NC(=O)c1cccc(C)c1)N1CCC(C)CC1. The van der Waals surface area contributed by atoms with Gasteiger partial charge in [-0.2, -0.15) is 4.99 Å². The Kier molecular flexibility index (Phi) is 5.99. The third-order valence-corrected chi connectivity index (χ3v) is 3.95. The lowest BCUT2D eigenvalue weighted by Crippen LogP contribution is -2.40. The quantitative estimate of drug-likeness (QED) is 0.632. The topological polar surface area (TPSA) is 41.9 Å². The Bertz CT molecular complexity index is 532. The fraction of sp³-hybridized carbons (Fsp3) is 0.556. The van der Waals surface area contributed by atoms with Crippen molar-refractivity contribution in [3.63, 3.8) is 0 Å². The number of aryl methyl sites for hydroxylation is 1. The first-order chi connectivity index (χ1) is 10.6. The third-order valence-electron chi connectivity index (χ3n) is 3.95. The van der Waals surface area contributed by atoms with Gasteiger partial charge < -0.3 is 9.64 Å². The molecule has 22 heavy (non-hydrogen) atoms. The third kappa shape index (κ3) is 4.58. The van der Waals surface area contributed by atoms with E-state index in [1.165, 1.54) is 0 Å². The molecule has 1 aromatic carbocycles. The van der Waals surface area contributed by atoms with E-state index in [0.717, 1.165) is 43.8 Å². The van der Waals surface area contributed by atoms with Gasteiger partial charge in [0.25, 0.3) is 11.9 Å². The maximum Gasteiger partial charge on any atom is 0.295 e. The first kappa shape index (κ1) is 16.5. The predicted molar refractivity (Wildman–Crippen MR) is 89.2 cm³/mol. The number of amides is 1. The van der Waals surface area contributed by atoms with Crippen LogP contribution in [0.4, 0.5) is 0 Å². The van der Waals surface area contributed by atoms with Gasteiger partial charge >= 0.3 is 0 Å². The molecule has 0 spiro atoms. The molecule has 1 heterocycles. The number of aliphatic imine (C=N–C) groups is 1. The molecule has 0 saturated carbocycles. The Morgan fingerprint density at radius 2 is 2.09 bits per heavy atom. The molecule has 1 aromatic rings. The zero-order valence-corrected chi connectivity index (χ0v) is 13.8. The van der Waals surface area contributed by atoms with E-state index in [9.17, 15) is 4.79 Å². The number of carbonyl (C=O) groups is 1. The molecule has 1 aliphatic heterocycles. The van der Waals surface area contributed by atoms with Crippen LogP contribution in [0.3, 0.4) is 0 Å². The minimum Gasteiger partial charge on any atom is -0.465 e. The highest BCUT2D eigenvalue weighted by Crippen LogP contribution is 2.17. The van der Waals surface area contributed by atoms with Gasteiger partial charge in [-0.1, -0.05) is 31.5 Å². The molecular weight excluding hydrogens is 276 g/mol. The first-order valence-electron chi connectivity index (χ1n) is 8.17. The number of hydrogen-bond acceptors (Lipinski definition) is 2. The molecule has 1 saturated heterocycles. The molecule has 0 atom stereocenters. The summed E-state index contributed by atoms with van der Waals surface area (Å²) in [6.45, 7) is 8.69. The number of carbonyl (C=O) groups excluding carboxylic acids is 1. The first-order valence-corrected chi connectivity index (χ1v) is 8.17. The van der Waals surface area contributed by atoms with E-state index in [0.29, 0.717) is 18.2 Å². The summed E-state index contributed by atoms with van der Waals surface area (Å²) in [5.41, 5.74) is 1.67. The Hall–Kier alpha value is -1.84. The second-order valence-electron chi connectivity index (χ2n) is 6.09. The van der Waals surface area contributed by atoms with Gasteiger partial charge in [-0.15, -0.1) is 0 Å². The van der Waals surface area contributed by atoms with Gasteiger partial charge in [-0.3, -0.25) is 4.79 Å². The fourth-order valence-electron chi connectivity index (χ4n) is 2.52. The summed E-state index contributed by atoms with van der Waals surface area (Å²) in [6.07, 6.45) is 3.14. The van der Waals surface area contributed by atoms with Crippen molar-refractivity contribution in [1.29, 1.82) is 0 Å². The van der Waals surface area contributed by atoms with Gasteiger partial charge in [0, 0.05) is 18.7 Å². The van der Waals surface area contributed by atoms with Crippen molar-refractivity contribution in [1.82, 2.24) is 4.90 Å². The summed E-state index contributed by atoms with van der Waals surface area (Å²) in [5.74, 6) is 0.504. The molecule has 4 nitrogen and oxygen atoms in total. The van der Waals surface area contributed by atoms with Crippen LogP contribution in [0.25, 0.3) is 0 Å². The summed E-state index contributed by atoms with van der Waals surface area (Å²) >= 11 is 0. The van der Waals surface area contributed by atoms with Crippen molar-refractivity contribution < 1.29 is 9.53 Å². The summed E-state index contributed by atoms with van der Waals surface area (Å²) < 4.78 is 5.74. The fourth-order valence-corrected chi connectivity index (χ4v) is 2.52. The number of likely N-dealkylation sites (tertiary alicyclic amines) is 1. The number of amidine groups is 1. The van der Waals surface area contributed by atoms with Gasteiger partial charge in [-0.05, 0) is 44.2 Å². The zero-order chi connectivity index (χ0) is 15.9. The number of nitrogens with zero attached hydrogens (tertiary/aromatic N) is 2. The van der Waals surface area contributed by atoms with Gasteiger partial charge in [0.05, 0.1) is 6.61 Å². The Morgan fingerprint density at radius 3 is 2.73 bits per heavy atom. The molecule has 0 radical (unpaired) electrons. The van der Waals surface area contributed by atoms with Crippen molar-refractivity contribution in [2.45, 2.75) is 40.0 Å². The van der Waals surface area contributed by atoms with Crippen molar-refractivity contribution in [2.75, 3.05) is 19.7 Å². The van der Waals surface area contributed by atoms with Crippen LogP contribution in [0.2, 0.25) is 0 Å². The van der Waals surface area contributed by atoms with E-state index in [-0.39, 0.29) is 5.91 Å². The minimum atomic E-state index is -0.228. The second-order valence-corrected chi connectivity index (χ2v) is 6.09. The van der Waals surface area contributed by atoms with Gasteiger partial charge in [0.15, 0.2) is 0 Å². The molecule has 1 aliphatic rings. The lowest BCUT2D eigenvalue weighted by atomic mass is 10.00. The summed E-state index contributed by atoms with van der Waals surface area (Å²) in [7, 11) is 0. The average molecular weight is 302 g/mol. The maximum absolute atomic E-state index is 12.4. The molecular formula is C18H26N2O2. The van der Waals surface area contributed by atoms with Crippen molar-refractivity contribution in [3.8, 4) is 0 Å². The van der Waals surface area contributed by atoms with Crippen LogP contribution in [-0.4, -0.2) is 36.5 Å². The molecule has 0 aliphatic carbocycles. The zero-order valence-electron chi connectivity index (χ0n) is 13.8. The maximum atomic E-state index is 12.4.